The molecule has 8 heteroatoms. The van der Waals surface area contributed by atoms with Crippen LogP contribution in [0.2, 0.25) is 0 Å². The monoisotopic (exact) mass is 482 g/mol. The highest BCUT2D eigenvalue weighted by Crippen LogP contribution is 2.54. The normalized spacial score (nSPS) is 28.9. The van der Waals surface area contributed by atoms with Gasteiger partial charge in [0.2, 0.25) is 0 Å². The average molecular weight is 483 g/mol. The highest BCUT2D eigenvalue weighted by atomic mass is 16.6. The molecule has 0 aliphatic carbocycles. The van der Waals surface area contributed by atoms with E-state index in [2.05, 4.69) is 51.0 Å². The molecule has 1 amide bonds. The van der Waals surface area contributed by atoms with Gasteiger partial charge in [0.25, 0.3) is 5.91 Å². The van der Waals surface area contributed by atoms with Crippen LogP contribution < -0.4 is 10.6 Å². The van der Waals surface area contributed by atoms with Gasteiger partial charge < -0.3 is 34.3 Å². The number of aliphatic hydroxyl groups is 1. The van der Waals surface area contributed by atoms with Crippen molar-refractivity contribution < 1.29 is 19.4 Å². The molecule has 182 valence electrons. The minimum atomic E-state index is -1.09. The largest absolute Gasteiger partial charge is 0.375 e. The Bertz CT molecular complexity index is 1790. The molecule has 1 fully saturated rings. The lowest BCUT2D eigenvalue weighted by molar-refractivity contribution is -0.256. The number of benzene rings is 3. The maximum atomic E-state index is 13.4. The molecule has 1 saturated heterocycles. The van der Waals surface area contributed by atoms with Crippen LogP contribution in [0.15, 0.2) is 48.5 Å². The molecular formula is C28H26N4O4. The second-order valence-corrected chi connectivity index (χ2v) is 10.3. The molecule has 8 rings (SSSR count). The van der Waals surface area contributed by atoms with Gasteiger partial charge in [-0.05, 0) is 26.1 Å². The van der Waals surface area contributed by atoms with E-state index in [9.17, 15) is 9.90 Å². The van der Waals surface area contributed by atoms with Crippen LogP contribution in [0.3, 0.4) is 0 Å². The summed E-state index contributed by atoms with van der Waals surface area (Å²) in [6, 6.07) is 16.4. The van der Waals surface area contributed by atoms with E-state index in [1.54, 1.807) is 7.11 Å². The van der Waals surface area contributed by atoms with Crippen LogP contribution in [0.4, 0.5) is 0 Å². The van der Waals surface area contributed by atoms with Crippen LogP contribution in [0, 0.1) is 0 Å². The summed E-state index contributed by atoms with van der Waals surface area (Å²) >= 11 is 0. The Morgan fingerprint density at radius 2 is 1.78 bits per heavy atom. The fourth-order valence-corrected chi connectivity index (χ4v) is 7.38. The summed E-state index contributed by atoms with van der Waals surface area (Å²) in [5.74, 6) is -0.249. The number of fused-ring (bicyclic) bond motifs is 13. The van der Waals surface area contributed by atoms with Gasteiger partial charge in [-0.1, -0.05) is 36.4 Å². The summed E-state index contributed by atoms with van der Waals surface area (Å²) in [5.41, 5.74) is 4.25. The second kappa shape index (κ2) is 6.66. The average Bonchev–Trinajstić information content (AvgIpc) is 3.48. The van der Waals surface area contributed by atoms with Crippen LogP contribution in [0.1, 0.15) is 41.7 Å². The van der Waals surface area contributed by atoms with E-state index in [0.29, 0.717) is 17.5 Å². The Kier molecular flexibility index (Phi) is 3.83. The first-order valence-corrected chi connectivity index (χ1v) is 12.4. The standard InChI is InChI=1S/C28H26N4O4/c1-28-25(35-3)15(29-2)12-18(36-28)31-16-10-6-4-8-13(16)19-21-22(27(34)30-26(21)33)20-14-9-5-7-11-17(14)32(28)24(20)23(19)31/h4-11,15,18,25,27,29,34H,12H2,1-3H3,(H,30,33)/t15?,18-,25-,27+,28+/m1/s1. The van der Waals surface area contributed by atoms with E-state index < -0.39 is 12.0 Å². The number of carbonyl (C=O) groups is 1. The lowest BCUT2D eigenvalue weighted by atomic mass is 9.93. The minimum absolute atomic E-state index is 0.0289. The molecule has 36 heavy (non-hydrogen) atoms. The predicted octanol–water partition coefficient (Wildman–Crippen LogP) is 3.84. The third kappa shape index (κ3) is 2.15. The fraction of sp³-hybridized carbons (Fsp3) is 0.321. The van der Waals surface area contributed by atoms with Crippen molar-refractivity contribution in [2.45, 2.75) is 43.7 Å². The SMILES string of the molecule is CNC1C[C@H]2O[C@@](C)([C@@H]1OC)n1c3ccccc3c3c4c(c5c6ccccc6n2c5c31)C(=O)N[C@H]4O. The van der Waals surface area contributed by atoms with E-state index in [1.165, 1.54) is 0 Å². The molecule has 3 aromatic carbocycles. The molecule has 2 bridgehead atoms. The topological polar surface area (TPSA) is 89.7 Å². The van der Waals surface area contributed by atoms with Crippen LogP contribution >= 0.6 is 0 Å². The van der Waals surface area contributed by atoms with Gasteiger partial charge in [0.05, 0.1) is 27.6 Å². The van der Waals surface area contributed by atoms with Crippen LogP contribution in [0.25, 0.3) is 43.6 Å². The molecule has 0 radical (unpaired) electrons. The van der Waals surface area contributed by atoms with Crippen molar-refractivity contribution in [3.05, 3.63) is 59.7 Å². The summed E-state index contributed by atoms with van der Waals surface area (Å²) in [5, 5.41) is 21.1. The number of carbonyl (C=O) groups excluding carboxylic acids is 1. The van der Waals surface area contributed by atoms with Gasteiger partial charge in [-0.3, -0.25) is 4.79 Å². The van der Waals surface area contributed by atoms with Gasteiger partial charge in [0.1, 0.15) is 12.3 Å². The number of amides is 1. The number of ether oxygens (including phenoxy) is 2. The number of rotatable bonds is 2. The maximum absolute atomic E-state index is 13.4. The number of para-hydroxylation sites is 2. The Hall–Kier alpha value is -3.43. The van der Waals surface area contributed by atoms with Gasteiger partial charge >= 0.3 is 0 Å². The number of nitrogens with one attached hydrogen (secondary N) is 2. The Balaban J connectivity index is 1.73. The Morgan fingerprint density at radius 1 is 1.08 bits per heavy atom. The van der Waals surface area contributed by atoms with E-state index in [0.717, 1.165) is 43.6 Å². The van der Waals surface area contributed by atoms with Gasteiger partial charge in [-0.25, -0.2) is 0 Å². The minimum Gasteiger partial charge on any atom is -0.375 e. The molecule has 1 unspecified atom stereocenters. The number of hydrogen-bond donors (Lipinski definition) is 3. The number of methoxy groups -OCH3 is 1. The van der Waals surface area contributed by atoms with Crippen LogP contribution in [-0.2, 0) is 15.2 Å². The molecule has 0 saturated carbocycles. The molecule has 5 heterocycles. The summed E-state index contributed by atoms with van der Waals surface area (Å²) in [4.78, 5) is 13.4. The van der Waals surface area contributed by atoms with Gasteiger partial charge in [0, 0.05) is 46.7 Å². The molecule has 0 spiro atoms. The van der Waals surface area contributed by atoms with Crippen molar-refractivity contribution in [3.63, 3.8) is 0 Å². The molecular weight excluding hydrogens is 456 g/mol. The van der Waals surface area contributed by atoms with Crippen molar-refractivity contribution >= 4 is 49.5 Å². The van der Waals surface area contributed by atoms with Crippen molar-refractivity contribution in [2.24, 2.45) is 0 Å². The van der Waals surface area contributed by atoms with Crippen molar-refractivity contribution in [1.29, 1.82) is 0 Å². The first-order valence-electron chi connectivity index (χ1n) is 12.4. The molecule has 3 N–H and O–H groups in total. The number of likely N-dealkylation sites (N-methyl/N-ethyl adjacent to an activating group) is 1. The van der Waals surface area contributed by atoms with Gasteiger partial charge in [-0.2, -0.15) is 0 Å². The Labute approximate surface area is 206 Å². The second-order valence-electron chi connectivity index (χ2n) is 10.3. The quantitative estimate of drug-likeness (QED) is 0.356. The molecule has 2 aromatic heterocycles. The van der Waals surface area contributed by atoms with Crippen LogP contribution in [0.5, 0.6) is 0 Å². The fourth-order valence-electron chi connectivity index (χ4n) is 7.38. The molecule has 3 aliphatic heterocycles. The summed E-state index contributed by atoms with van der Waals surface area (Å²) in [6.07, 6.45) is -0.941. The smallest absolute Gasteiger partial charge is 0.254 e. The first kappa shape index (κ1) is 20.7. The molecule has 5 aromatic rings. The lowest BCUT2D eigenvalue weighted by Gasteiger charge is -2.48. The van der Waals surface area contributed by atoms with Gasteiger partial charge in [-0.15, -0.1) is 0 Å². The van der Waals surface area contributed by atoms with Crippen molar-refractivity contribution in [2.75, 3.05) is 14.2 Å². The van der Waals surface area contributed by atoms with E-state index >= 15 is 0 Å². The summed E-state index contributed by atoms with van der Waals surface area (Å²) in [7, 11) is 3.70. The van der Waals surface area contributed by atoms with E-state index in [1.807, 2.05) is 31.3 Å². The summed E-state index contributed by atoms with van der Waals surface area (Å²) in [6.45, 7) is 2.09. The number of nitrogens with zero attached hydrogens (tertiary/aromatic N) is 2. The predicted molar refractivity (Wildman–Crippen MR) is 137 cm³/mol. The number of hydrogen-bond acceptors (Lipinski definition) is 5. The zero-order valence-corrected chi connectivity index (χ0v) is 20.2. The van der Waals surface area contributed by atoms with Crippen molar-refractivity contribution in [3.8, 4) is 0 Å². The maximum Gasteiger partial charge on any atom is 0.254 e. The number of aliphatic hydroxyl groups excluding tert-OH is 1. The van der Waals surface area contributed by atoms with Crippen LogP contribution in [-0.4, -0.2) is 46.5 Å². The highest BCUT2D eigenvalue weighted by molar-refractivity contribution is 6.31. The highest BCUT2D eigenvalue weighted by Gasteiger charge is 2.53. The van der Waals surface area contributed by atoms with Crippen molar-refractivity contribution in [1.82, 2.24) is 19.8 Å². The van der Waals surface area contributed by atoms with E-state index in [-0.39, 0.29) is 24.3 Å². The summed E-state index contributed by atoms with van der Waals surface area (Å²) < 4.78 is 17.7. The first-order chi connectivity index (χ1) is 17.5. The number of aromatic nitrogens is 2. The Morgan fingerprint density at radius 3 is 2.50 bits per heavy atom. The molecule has 5 atom stereocenters. The lowest BCUT2D eigenvalue weighted by Crippen LogP contribution is -2.59. The van der Waals surface area contributed by atoms with Gasteiger partial charge in [0.15, 0.2) is 12.0 Å². The van der Waals surface area contributed by atoms with E-state index in [4.69, 9.17) is 9.47 Å². The third-order valence-electron chi connectivity index (χ3n) is 8.65. The zero-order chi connectivity index (χ0) is 24.5. The zero-order valence-electron chi connectivity index (χ0n) is 20.2. The molecule has 3 aliphatic rings. The molecule has 8 nitrogen and oxygen atoms in total. The third-order valence-corrected chi connectivity index (χ3v) is 8.65.